The third kappa shape index (κ3) is 10.6. The van der Waals surface area contributed by atoms with Crippen LogP contribution in [-0.4, -0.2) is 79.4 Å². The van der Waals surface area contributed by atoms with Gasteiger partial charge < -0.3 is 29.2 Å². The number of halogens is 1. The molecule has 1 aromatic carbocycles. The summed E-state index contributed by atoms with van der Waals surface area (Å²) in [6.45, 7) is 14.5. The van der Waals surface area contributed by atoms with E-state index in [9.17, 15) is 33.5 Å². The summed E-state index contributed by atoms with van der Waals surface area (Å²) in [7, 11) is -9.95. The summed E-state index contributed by atoms with van der Waals surface area (Å²) in [5.74, 6) is -0.0858. The molecule has 238 valence electrons. The second-order valence-electron chi connectivity index (χ2n) is 10.8. The van der Waals surface area contributed by atoms with E-state index >= 15 is 0 Å². The summed E-state index contributed by atoms with van der Waals surface area (Å²) in [6, 6.07) is 5.01. The van der Waals surface area contributed by atoms with Crippen LogP contribution < -0.4 is 0 Å². The van der Waals surface area contributed by atoms with E-state index in [0.717, 1.165) is 32.5 Å². The molecule has 0 heterocycles. The average molecular weight is 650 g/mol. The number of hydrogen-bond donors (Lipinski definition) is 4. The third-order valence-corrected chi connectivity index (χ3v) is 12.0. The number of amides is 1. The Bertz CT molecular complexity index is 1160. The molecule has 0 aliphatic heterocycles. The second kappa shape index (κ2) is 16.5. The number of allylic oxidation sites excluding steroid dienone is 1. The van der Waals surface area contributed by atoms with Crippen molar-refractivity contribution in [3.8, 4) is 0 Å². The summed E-state index contributed by atoms with van der Waals surface area (Å²) in [5.41, 5.74) is 1.85. The van der Waals surface area contributed by atoms with Gasteiger partial charge in [-0.2, -0.15) is 0 Å². The molecule has 1 amide bonds. The Hall–Kier alpha value is -1.55. The molecule has 0 spiro atoms. The van der Waals surface area contributed by atoms with Crippen LogP contribution in [0.3, 0.4) is 0 Å². The molecule has 0 aromatic heterocycles. The molecule has 1 aliphatic rings. The number of carbonyl (C=O) groups excluding carboxylic acids is 1. The van der Waals surface area contributed by atoms with Crippen LogP contribution in [0.25, 0.3) is 5.70 Å². The van der Waals surface area contributed by atoms with Gasteiger partial charge in [0.2, 0.25) is 0 Å². The van der Waals surface area contributed by atoms with Gasteiger partial charge in [-0.15, -0.1) is 0 Å². The first-order valence-corrected chi connectivity index (χ1v) is 18.2. The quantitative estimate of drug-likeness (QED) is 0.114. The summed E-state index contributed by atoms with van der Waals surface area (Å²) in [5, 5.41) is -1.53. The minimum Gasteiger partial charge on any atom is -0.446 e. The summed E-state index contributed by atoms with van der Waals surface area (Å²) in [4.78, 5) is 59.6. The maximum atomic E-state index is 13.8. The maximum absolute atomic E-state index is 13.8. The molecular formula is C28H46ClN3O8P2. The van der Waals surface area contributed by atoms with Gasteiger partial charge in [0.15, 0.2) is 5.40 Å². The van der Waals surface area contributed by atoms with Crippen LogP contribution in [0.2, 0.25) is 5.02 Å². The molecule has 14 heteroatoms. The molecule has 0 saturated heterocycles. The molecule has 2 rings (SSSR count). The van der Waals surface area contributed by atoms with Gasteiger partial charge in [0, 0.05) is 16.6 Å². The van der Waals surface area contributed by atoms with Crippen molar-refractivity contribution in [2.45, 2.75) is 90.2 Å². The molecule has 4 N–H and O–H groups in total. The standard InChI is InChI=1S/C28H46ClN3O8P2/c1-6-26(24-15-13-22(29)19-25(24)30-5)32(20(4)10-9-17-31(7-2)8-3)28(33)40-23-14-11-21(18-23)12-16-27(41(34,35)36)42(37,38)39/h6,13,15,19-21,23,27H,5,7-12,14,16-18H2,1-4H3,(H2,34,35,36)(H2,37,38,39)/b26-6+. The zero-order chi connectivity index (χ0) is 31.7. The van der Waals surface area contributed by atoms with Crippen molar-refractivity contribution < 1.29 is 38.2 Å². The van der Waals surface area contributed by atoms with Crippen molar-refractivity contribution in [2.24, 2.45) is 10.9 Å². The maximum Gasteiger partial charge on any atom is 0.414 e. The van der Waals surface area contributed by atoms with E-state index in [1.54, 1.807) is 23.1 Å². The van der Waals surface area contributed by atoms with E-state index in [2.05, 4.69) is 30.5 Å². The van der Waals surface area contributed by atoms with Gasteiger partial charge in [0.25, 0.3) is 0 Å². The molecule has 3 atom stereocenters. The van der Waals surface area contributed by atoms with E-state index < -0.39 is 32.8 Å². The van der Waals surface area contributed by atoms with Gasteiger partial charge in [-0.05, 0) is 109 Å². The van der Waals surface area contributed by atoms with Gasteiger partial charge in [-0.1, -0.05) is 31.5 Å². The first kappa shape index (κ1) is 36.6. The number of nitrogens with zero attached hydrogens (tertiary/aromatic N) is 3. The molecule has 11 nitrogen and oxygen atoms in total. The van der Waals surface area contributed by atoms with Crippen LogP contribution in [0.1, 0.15) is 78.2 Å². The Morgan fingerprint density at radius 3 is 2.36 bits per heavy atom. The first-order chi connectivity index (χ1) is 19.7. The fraction of sp³-hybridized carbons (Fsp3) is 0.643. The molecule has 1 aliphatic carbocycles. The Labute approximate surface area is 254 Å². The molecule has 0 radical (unpaired) electrons. The van der Waals surface area contributed by atoms with Crippen molar-refractivity contribution in [3.05, 3.63) is 34.9 Å². The van der Waals surface area contributed by atoms with Crippen LogP contribution >= 0.6 is 26.8 Å². The zero-order valence-corrected chi connectivity index (χ0v) is 27.5. The predicted octanol–water partition coefficient (Wildman–Crippen LogP) is 6.61. The lowest BCUT2D eigenvalue weighted by atomic mass is 10.0. The molecule has 3 unspecified atom stereocenters. The zero-order valence-electron chi connectivity index (χ0n) is 24.9. The fourth-order valence-corrected chi connectivity index (χ4v) is 8.29. The van der Waals surface area contributed by atoms with Crippen molar-refractivity contribution in [1.29, 1.82) is 0 Å². The van der Waals surface area contributed by atoms with Gasteiger partial charge >= 0.3 is 21.3 Å². The van der Waals surface area contributed by atoms with E-state index in [0.29, 0.717) is 41.2 Å². The molecule has 42 heavy (non-hydrogen) atoms. The highest BCUT2D eigenvalue weighted by molar-refractivity contribution is 7.70. The Kier molecular flexibility index (Phi) is 14.4. The van der Waals surface area contributed by atoms with Crippen LogP contribution in [0, 0.1) is 5.92 Å². The molecule has 1 fully saturated rings. The van der Waals surface area contributed by atoms with E-state index in [-0.39, 0.29) is 24.8 Å². The van der Waals surface area contributed by atoms with Crippen molar-refractivity contribution in [1.82, 2.24) is 9.80 Å². The highest BCUT2D eigenvalue weighted by Gasteiger charge is 2.43. The number of carbonyl (C=O) groups is 1. The van der Waals surface area contributed by atoms with Crippen molar-refractivity contribution >= 4 is 51.0 Å². The lowest BCUT2D eigenvalue weighted by Crippen LogP contribution is -2.39. The Balaban J connectivity index is 2.22. The number of ether oxygens (including phenoxy) is 1. The number of hydrogen-bond acceptors (Lipinski definition) is 6. The van der Waals surface area contributed by atoms with Crippen molar-refractivity contribution in [2.75, 3.05) is 19.6 Å². The van der Waals surface area contributed by atoms with Crippen LogP contribution in [0.4, 0.5) is 10.5 Å². The highest BCUT2D eigenvalue weighted by atomic mass is 35.5. The Morgan fingerprint density at radius 2 is 1.81 bits per heavy atom. The van der Waals surface area contributed by atoms with E-state index in [1.807, 2.05) is 19.9 Å². The number of benzene rings is 1. The molecule has 0 bridgehead atoms. The van der Waals surface area contributed by atoms with Gasteiger partial charge in [0.05, 0.1) is 11.4 Å². The minimum absolute atomic E-state index is 0.0858. The lowest BCUT2D eigenvalue weighted by Gasteiger charge is -2.33. The summed E-state index contributed by atoms with van der Waals surface area (Å²) < 4.78 is 29.3. The fourth-order valence-electron chi connectivity index (χ4n) is 5.59. The highest BCUT2D eigenvalue weighted by Crippen LogP contribution is 2.62. The summed E-state index contributed by atoms with van der Waals surface area (Å²) >= 11 is 6.19. The van der Waals surface area contributed by atoms with Crippen LogP contribution in [0.15, 0.2) is 29.3 Å². The number of rotatable bonds is 16. The molecular weight excluding hydrogens is 604 g/mol. The van der Waals surface area contributed by atoms with Gasteiger partial charge in [-0.25, -0.2) is 4.79 Å². The largest absolute Gasteiger partial charge is 0.446 e. The van der Waals surface area contributed by atoms with Gasteiger partial charge in [-0.3, -0.25) is 19.0 Å². The Morgan fingerprint density at radius 1 is 1.17 bits per heavy atom. The van der Waals surface area contributed by atoms with E-state index in [1.165, 1.54) is 0 Å². The average Bonchev–Trinajstić information content (AvgIpc) is 3.35. The smallest absolute Gasteiger partial charge is 0.414 e. The van der Waals surface area contributed by atoms with Crippen LogP contribution in [-0.2, 0) is 13.9 Å². The topological polar surface area (TPSA) is 160 Å². The number of aliphatic imine (C=N–C) groups is 1. The van der Waals surface area contributed by atoms with Crippen LogP contribution in [0.5, 0.6) is 0 Å². The third-order valence-electron chi connectivity index (χ3n) is 7.94. The normalized spacial score (nSPS) is 18.9. The monoisotopic (exact) mass is 649 g/mol. The second-order valence-corrected chi connectivity index (χ2v) is 15.2. The van der Waals surface area contributed by atoms with Gasteiger partial charge in [0.1, 0.15) is 6.10 Å². The van der Waals surface area contributed by atoms with Crippen molar-refractivity contribution in [3.63, 3.8) is 0 Å². The lowest BCUT2D eigenvalue weighted by molar-refractivity contribution is 0.0687. The SMILES string of the molecule is C=Nc1cc(Cl)ccc1/C(=C\C)N(C(=O)OC1CCC(CCC(P(=O)(O)O)P(=O)(O)O)C1)C(C)CCCN(CC)CC. The first-order valence-electron chi connectivity index (χ1n) is 14.4. The van der Waals surface area contributed by atoms with E-state index in [4.69, 9.17) is 16.3 Å². The predicted molar refractivity (Wildman–Crippen MR) is 167 cm³/mol. The minimum atomic E-state index is -4.98. The summed E-state index contributed by atoms with van der Waals surface area (Å²) in [6.07, 6.45) is 3.99. The molecule has 1 saturated carbocycles. The molecule has 1 aromatic rings.